The Morgan fingerprint density at radius 1 is 1.08 bits per heavy atom. The molecule has 0 fully saturated rings. The smallest absolute Gasteiger partial charge is 0.364 e. The van der Waals surface area contributed by atoms with E-state index in [4.69, 9.17) is 22.2 Å². The van der Waals surface area contributed by atoms with Crippen molar-refractivity contribution in [3.05, 3.63) is 75.6 Å². The average molecular weight is 386 g/mol. The van der Waals surface area contributed by atoms with E-state index in [9.17, 15) is 9.59 Å². The summed E-state index contributed by atoms with van der Waals surface area (Å²) in [6.45, 7) is 0. The van der Waals surface area contributed by atoms with Crippen LogP contribution in [0.4, 0.5) is 0 Å². The highest BCUT2D eigenvalue weighted by Gasteiger charge is 2.18. The number of rotatable bonds is 5. The fourth-order valence-electron chi connectivity index (χ4n) is 2.04. The van der Waals surface area contributed by atoms with Gasteiger partial charge in [0.2, 0.25) is 5.71 Å². The fraction of sp³-hybridized carbons (Fsp3) is 0. The van der Waals surface area contributed by atoms with Gasteiger partial charge in [-0.25, -0.2) is 9.78 Å². The number of thiazole rings is 1. The molecule has 8 heteroatoms. The van der Waals surface area contributed by atoms with Gasteiger partial charge in [-0.05, 0) is 24.3 Å². The van der Waals surface area contributed by atoms with Gasteiger partial charge in [0.25, 0.3) is 5.91 Å². The number of hydrogen-bond acceptors (Lipinski definition) is 6. The van der Waals surface area contributed by atoms with Crippen molar-refractivity contribution in [2.75, 3.05) is 0 Å². The minimum absolute atomic E-state index is 0.223. The van der Waals surface area contributed by atoms with Crippen molar-refractivity contribution in [2.24, 2.45) is 10.9 Å². The molecule has 2 N–H and O–H groups in total. The molecular formula is C18H12ClN3O3S. The average Bonchev–Trinajstić information content (AvgIpc) is 3.12. The van der Waals surface area contributed by atoms with Gasteiger partial charge in [-0.2, -0.15) is 0 Å². The largest absolute Gasteiger partial charge is 0.365 e. The maximum atomic E-state index is 12.0. The maximum Gasteiger partial charge on any atom is 0.365 e. The Morgan fingerprint density at radius 3 is 2.42 bits per heavy atom. The summed E-state index contributed by atoms with van der Waals surface area (Å²) in [7, 11) is 0. The van der Waals surface area contributed by atoms with Gasteiger partial charge in [0.05, 0.1) is 11.3 Å². The Balaban J connectivity index is 1.83. The van der Waals surface area contributed by atoms with Crippen molar-refractivity contribution in [2.45, 2.75) is 0 Å². The molecule has 0 radical (unpaired) electrons. The van der Waals surface area contributed by atoms with Crippen molar-refractivity contribution in [3.8, 4) is 11.3 Å². The second-order valence-electron chi connectivity index (χ2n) is 5.09. The normalized spacial score (nSPS) is 11.2. The summed E-state index contributed by atoms with van der Waals surface area (Å²) in [5, 5.41) is 6.22. The molecular weight excluding hydrogens is 374 g/mol. The van der Waals surface area contributed by atoms with E-state index in [-0.39, 0.29) is 10.7 Å². The lowest BCUT2D eigenvalue weighted by atomic mass is 10.2. The van der Waals surface area contributed by atoms with E-state index in [1.54, 1.807) is 60.0 Å². The minimum atomic E-state index is -0.845. The van der Waals surface area contributed by atoms with Crippen molar-refractivity contribution in [3.63, 3.8) is 0 Å². The van der Waals surface area contributed by atoms with E-state index in [2.05, 4.69) is 10.1 Å². The van der Waals surface area contributed by atoms with E-state index in [0.717, 1.165) is 5.56 Å². The number of oxime groups is 1. The monoisotopic (exact) mass is 385 g/mol. The van der Waals surface area contributed by atoms with E-state index < -0.39 is 11.9 Å². The lowest BCUT2D eigenvalue weighted by Gasteiger charge is -2.00. The van der Waals surface area contributed by atoms with Crippen LogP contribution in [0, 0.1) is 0 Å². The van der Waals surface area contributed by atoms with Crippen LogP contribution in [0.3, 0.4) is 0 Å². The predicted octanol–water partition coefficient (Wildman–Crippen LogP) is 3.51. The van der Waals surface area contributed by atoms with E-state index in [1.165, 1.54) is 11.3 Å². The second kappa shape index (κ2) is 7.90. The van der Waals surface area contributed by atoms with Crippen LogP contribution < -0.4 is 5.73 Å². The molecule has 1 heterocycles. The Bertz CT molecular complexity index is 969. The van der Waals surface area contributed by atoms with Gasteiger partial charge in [0.1, 0.15) is 0 Å². The summed E-state index contributed by atoms with van der Waals surface area (Å²) in [6.07, 6.45) is 0. The highest BCUT2D eigenvalue weighted by atomic mass is 35.5. The van der Waals surface area contributed by atoms with Crippen LogP contribution in [0.5, 0.6) is 0 Å². The second-order valence-corrected chi connectivity index (χ2v) is 6.39. The summed E-state index contributed by atoms with van der Waals surface area (Å²) in [5.41, 5.74) is 6.88. The van der Waals surface area contributed by atoms with Gasteiger partial charge in [-0.3, -0.25) is 4.79 Å². The summed E-state index contributed by atoms with van der Waals surface area (Å²) >= 11 is 7.04. The third kappa shape index (κ3) is 4.14. The summed E-state index contributed by atoms with van der Waals surface area (Å²) in [5.74, 6) is -1.54. The fourth-order valence-corrected chi connectivity index (χ4v) is 2.98. The highest BCUT2D eigenvalue weighted by molar-refractivity contribution is 7.13. The number of primary amides is 1. The molecule has 0 bridgehead atoms. The molecule has 0 unspecified atom stereocenters. The van der Waals surface area contributed by atoms with Crippen molar-refractivity contribution < 1.29 is 14.4 Å². The number of nitrogens with zero attached hydrogens (tertiary/aromatic N) is 2. The van der Waals surface area contributed by atoms with Gasteiger partial charge in [-0.1, -0.05) is 47.1 Å². The number of hydrogen-bond donors (Lipinski definition) is 1. The summed E-state index contributed by atoms with van der Waals surface area (Å²) < 4.78 is 0. The number of halogens is 1. The molecule has 2 aromatic carbocycles. The molecule has 0 aliphatic carbocycles. The molecule has 0 aliphatic rings. The van der Waals surface area contributed by atoms with Crippen molar-refractivity contribution in [1.82, 2.24) is 4.98 Å². The van der Waals surface area contributed by atoms with Crippen molar-refractivity contribution >= 4 is 40.5 Å². The Labute approximate surface area is 157 Å². The van der Waals surface area contributed by atoms with Gasteiger partial charge >= 0.3 is 5.97 Å². The third-order valence-corrected chi connectivity index (χ3v) is 4.41. The van der Waals surface area contributed by atoms with E-state index >= 15 is 0 Å². The first-order valence-electron chi connectivity index (χ1n) is 7.40. The molecule has 6 nitrogen and oxygen atoms in total. The topological polar surface area (TPSA) is 94.6 Å². The van der Waals surface area contributed by atoms with Crippen LogP contribution in [0.15, 0.2) is 65.1 Å². The molecule has 0 aliphatic heterocycles. The Hall–Kier alpha value is -3.03. The standard InChI is InChI=1S/C18H12ClN3O3S/c19-13-8-6-11(7-9-13)14-10-26-17(21-14)15(16(20)23)22-25-18(24)12-4-2-1-3-5-12/h1-10H,(H2,20,23)/b22-15+. The zero-order chi connectivity index (χ0) is 18.5. The van der Waals surface area contributed by atoms with Crippen LogP contribution in [0.25, 0.3) is 11.3 Å². The Kier molecular flexibility index (Phi) is 5.40. The molecule has 1 aromatic heterocycles. The molecule has 0 atom stereocenters. The quantitative estimate of drug-likeness (QED) is 0.413. The number of carbonyl (C=O) groups excluding carboxylic acids is 2. The zero-order valence-corrected chi connectivity index (χ0v) is 14.8. The molecule has 0 saturated heterocycles. The van der Waals surface area contributed by atoms with Gasteiger partial charge < -0.3 is 10.6 Å². The predicted molar refractivity (Wildman–Crippen MR) is 100 cm³/mol. The number of carbonyl (C=O) groups is 2. The highest BCUT2D eigenvalue weighted by Crippen LogP contribution is 2.24. The number of aromatic nitrogens is 1. The first-order valence-corrected chi connectivity index (χ1v) is 8.66. The van der Waals surface area contributed by atoms with Gasteiger partial charge in [0, 0.05) is 16.0 Å². The summed E-state index contributed by atoms with van der Waals surface area (Å²) in [4.78, 5) is 32.8. The molecule has 0 saturated carbocycles. The van der Waals surface area contributed by atoms with Crippen LogP contribution >= 0.6 is 22.9 Å². The Morgan fingerprint density at radius 2 is 1.77 bits per heavy atom. The molecule has 3 aromatic rings. The molecule has 3 rings (SSSR count). The molecule has 1 amide bonds. The minimum Gasteiger partial charge on any atom is -0.364 e. The van der Waals surface area contributed by atoms with E-state index in [1.807, 2.05) is 0 Å². The van der Waals surface area contributed by atoms with Crippen LogP contribution in [0.2, 0.25) is 5.02 Å². The first kappa shape index (κ1) is 17.8. The van der Waals surface area contributed by atoms with Gasteiger partial charge in [0.15, 0.2) is 5.01 Å². The SMILES string of the molecule is NC(=O)/C(=N\OC(=O)c1ccccc1)c1nc(-c2ccc(Cl)cc2)cs1. The first-order chi connectivity index (χ1) is 12.5. The van der Waals surface area contributed by atoms with E-state index in [0.29, 0.717) is 16.3 Å². The lowest BCUT2D eigenvalue weighted by molar-refractivity contribution is -0.112. The molecule has 130 valence electrons. The maximum absolute atomic E-state index is 12.0. The number of benzene rings is 2. The number of amides is 1. The lowest BCUT2D eigenvalue weighted by Crippen LogP contribution is -2.25. The van der Waals surface area contributed by atoms with Gasteiger partial charge in [-0.15, -0.1) is 11.3 Å². The van der Waals surface area contributed by atoms with Crippen LogP contribution in [0.1, 0.15) is 15.4 Å². The van der Waals surface area contributed by atoms with Crippen LogP contribution in [-0.4, -0.2) is 22.6 Å². The van der Waals surface area contributed by atoms with Crippen molar-refractivity contribution in [1.29, 1.82) is 0 Å². The third-order valence-electron chi connectivity index (χ3n) is 3.31. The summed E-state index contributed by atoms with van der Waals surface area (Å²) in [6, 6.07) is 15.4. The zero-order valence-electron chi connectivity index (χ0n) is 13.3. The van der Waals surface area contributed by atoms with Crippen LogP contribution in [-0.2, 0) is 9.63 Å². The number of nitrogens with two attached hydrogens (primary N) is 1. The molecule has 26 heavy (non-hydrogen) atoms. The molecule has 0 spiro atoms.